The number of benzene rings is 3. The van der Waals surface area contributed by atoms with Crippen LogP contribution < -0.4 is 19.7 Å². The first kappa shape index (κ1) is 27.8. The zero-order chi connectivity index (χ0) is 28.9. The van der Waals surface area contributed by atoms with Gasteiger partial charge >= 0.3 is 0 Å². The fourth-order valence-electron chi connectivity index (χ4n) is 5.94. The molecule has 0 radical (unpaired) electrons. The molecular weight excluding hydrogens is 535 g/mol. The van der Waals surface area contributed by atoms with Crippen molar-refractivity contribution in [3.63, 3.8) is 0 Å². The van der Waals surface area contributed by atoms with E-state index >= 15 is 0 Å². The van der Waals surface area contributed by atoms with Gasteiger partial charge in [-0.05, 0) is 61.9 Å². The smallest absolute Gasteiger partial charge is 0.242 e. The van der Waals surface area contributed by atoms with Gasteiger partial charge in [0.2, 0.25) is 13.3 Å². The molecule has 3 aliphatic heterocycles. The molecule has 3 aromatic carbocycles. The van der Waals surface area contributed by atoms with Crippen molar-refractivity contribution in [1.29, 1.82) is 0 Å². The predicted molar refractivity (Wildman–Crippen MR) is 166 cm³/mol. The first-order valence-electron chi connectivity index (χ1n) is 14.1. The van der Waals surface area contributed by atoms with Crippen molar-refractivity contribution >= 4 is 35.7 Å². The largest absolute Gasteiger partial charge is 0.493 e. The molecule has 3 aliphatic rings. The monoisotopic (exact) mass is 574 g/mol. The second-order valence-electron chi connectivity index (χ2n) is 11.5. The Bertz CT molecular complexity index is 1560. The number of nitrogens with zero attached hydrogens (tertiary/aromatic N) is 4. The number of hydrogen-bond donors (Lipinski definition) is 0. The van der Waals surface area contributed by atoms with Gasteiger partial charge in [-0.25, -0.2) is 14.4 Å². The lowest BCUT2D eigenvalue weighted by Crippen LogP contribution is -2.39. The van der Waals surface area contributed by atoms with Gasteiger partial charge in [-0.3, -0.25) is 0 Å². The molecule has 9 heteroatoms. The number of fused-ring (bicyclic) bond motifs is 2. The van der Waals surface area contributed by atoms with E-state index < -0.39 is 7.43 Å². The van der Waals surface area contributed by atoms with Crippen molar-refractivity contribution < 1.29 is 18.7 Å². The first-order chi connectivity index (χ1) is 19.7. The number of methoxy groups -OCH3 is 2. The van der Waals surface area contributed by atoms with Crippen molar-refractivity contribution in [2.75, 3.05) is 52.5 Å². The topological polar surface area (TPSA) is 68.1 Å². The summed E-state index contributed by atoms with van der Waals surface area (Å²) in [6.45, 7) is 11.7. The van der Waals surface area contributed by atoms with Gasteiger partial charge < -0.3 is 23.6 Å². The molecule has 0 aromatic heterocycles. The van der Waals surface area contributed by atoms with Gasteiger partial charge in [0.15, 0.2) is 11.5 Å². The van der Waals surface area contributed by atoms with Crippen LogP contribution in [0.5, 0.6) is 11.5 Å². The SMILES string of the molecule is COc1ccc(C2=Nc3cc4c(cc3[P@@](=Nc3ccc(C)cc3)(N3CCOCC3)O2)C(C)(C)[C@@H](C)N4C)cc1OC. The highest BCUT2D eigenvalue weighted by molar-refractivity contribution is 7.68. The second-order valence-corrected chi connectivity index (χ2v) is 14.0. The molecule has 2 atom stereocenters. The molecule has 0 saturated carbocycles. The third-order valence-corrected chi connectivity index (χ3v) is 11.9. The van der Waals surface area contributed by atoms with Gasteiger partial charge in [0.25, 0.3) is 0 Å². The minimum absolute atomic E-state index is 0.0447. The molecule has 1 fully saturated rings. The van der Waals surface area contributed by atoms with E-state index in [4.69, 9.17) is 28.5 Å². The lowest BCUT2D eigenvalue weighted by Gasteiger charge is -2.41. The van der Waals surface area contributed by atoms with E-state index in [0.717, 1.165) is 35.3 Å². The van der Waals surface area contributed by atoms with Crippen LogP contribution in [-0.2, 0) is 14.7 Å². The Labute approximate surface area is 243 Å². The third kappa shape index (κ3) is 4.62. The minimum atomic E-state index is -2.83. The van der Waals surface area contributed by atoms with Crippen LogP contribution in [0.25, 0.3) is 0 Å². The van der Waals surface area contributed by atoms with Gasteiger partial charge in [0.1, 0.15) is 0 Å². The Morgan fingerprint density at radius 1 is 0.976 bits per heavy atom. The molecular formula is C32H39N4O4P. The molecule has 216 valence electrons. The fraction of sp³-hybridized carbons (Fsp3) is 0.406. The summed E-state index contributed by atoms with van der Waals surface area (Å²) in [4.78, 5) is 7.52. The summed E-state index contributed by atoms with van der Waals surface area (Å²) in [6, 6.07) is 19.0. The standard InChI is InChI=1S/C32H39N4O4P/c1-21-8-11-24(12-9-21)34-41(36-14-16-39-17-15-36)30-19-25-27(35(5)22(2)32(25,3)4)20-26(30)33-31(40-41)23-10-13-28(37-6)29(18-23)38-7/h8-13,18-20,22H,14-17H2,1-7H3/t22-,41-/m1/s1. The summed E-state index contributed by atoms with van der Waals surface area (Å²) in [7, 11) is 2.62. The normalized spacial score (nSPS) is 23.2. The highest BCUT2D eigenvalue weighted by Gasteiger charge is 2.46. The van der Waals surface area contributed by atoms with Crippen molar-refractivity contribution in [2.45, 2.75) is 39.2 Å². The highest BCUT2D eigenvalue weighted by atomic mass is 31.2. The van der Waals surface area contributed by atoms with Crippen LogP contribution >= 0.6 is 7.43 Å². The van der Waals surface area contributed by atoms with Crippen LogP contribution in [0.3, 0.4) is 0 Å². The maximum absolute atomic E-state index is 7.17. The molecule has 3 aromatic rings. The predicted octanol–water partition coefficient (Wildman–Crippen LogP) is 6.56. The molecule has 0 N–H and O–H groups in total. The lowest BCUT2D eigenvalue weighted by atomic mass is 9.81. The average Bonchev–Trinajstić information content (AvgIpc) is 3.16. The fourth-order valence-corrected chi connectivity index (χ4v) is 8.98. The summed E-state index contributed by atoms with van der Waals surface area (Å²) in [5.74, 6) is 1.81. The van der Waals surface area contributed by atoms with E-state index in [1.807, 2.05) is 18.2 Å². The summed E-state index contributed by atoms with van der Waals surface area (Å²) in [6.07, 6.45) is 0. The van der Waals surface area contributed by atoms with E-state index in [1.54, 1.807) is 14.2 Å². The van der Waals surface area contributed by atoms with Crippen LogP contribution in [0, 0.1) is 6.92 Å². The summed E-state index contributed by atoms with van der Waals surface area (Å²) >= 11 is 0. The zero-order valence-corrected chi connectivity index (χ0v) is 25.9. The molecule has 0 aliphatic carbocycles. The molecule has 8 nitrogen and oxygen atoms in total. The number of likely N-dealkylation sites (N-methyl/N-ethyl adjacent to an activating group) is 1. The maximum Gasteiger partial charge on any atom is 0.242 e. The highest BCUT2D eigenvalue weighted by Crippen LogP contribution is 2.61. The molecule has 0 bridgehead atoms. The minimum Gasteiger partial charge on any atom is -0.493 e. The molecule has 41 heavy (non-hydrogen) atoms. The van der Waals surface area contributed by atoms with Gasteiger partial charge in [-0.15, -0.1) is 0 Å². The van der Waals surface area contributed by atoms with Crippen LogP contribution in [0.4, 0.5) is 17.1 Å². The maximum atomic E-state index is 7.17. The van der Waals surface area contributed by atoms with Gasteiger partial charge in [0.05, 0.1) is 44.1 Å². The Morgan fingerprint density at radius 2 is 1.68 bits per heavy atom. The van der Waals surface area contributed by atoms with Crippen LogP contribution in [0.15, 0.2) is 64.3 Å². The molecule has 6 rings (SSSR count). The first-order valence-corrected chi connectivity index (χ1v) is 15.7. The van der Waals surface area contributed by atoms with Gasteiger partial charge in [0, 0.05) is 42.8 Å². The van der Waals surface area contributed by atoms with E-state index in [1.165, 1.54) is 16.8 Å². The number of aryl methyl sites for hydroxylation is 1. The Kier molecular flexibility index (Phi) is 7.13. The van der Waals surface area contributed by atoms with E-state index in [9.17, 15) is 0 Å². The summed E-state index contributed by atoms with van der Waals surface area (Å²) in [5, 5.41) is 1.05. The summed E-state index contributed by atoms with van der Waals surface area (Å²) < 4.78 is 32.0. The van der Waals surface area contributed by atoms with E-state index in [0.29, 0.717) is 36.7 Å². The zero-order valence-electron chi connectivity index (χ0n) is 25.0. The Hall–Kier alpha value is -3.32. The van der Waals surface area contributed by atoms with E-state index in [2.05, 4.69) is 80.7 Å². The van der Waals surface area contributed by atoms with Crippen molar-refractivity contribution in [2.24, 2.45) is 9.74 Å². The van der Waals surface area contributed by atoms with Gasteiger partial charge in [-0.1, -0.05) is 31.5 Å². The molecule has 3 heterocycles. The van der Waals surface area contributed by atoms with Crippen molar-refractivity contribution in [1.82, 2.24) is 4.67 Å². The number of morpholine rings is 1. The van der Waals surface area contributed by atoms with Crippen molar-refractivity contribution in [3.8, 4) is 11.5 Å². The van der Waals surface area contributed by atoms with Crippen LogP contribution in [-0.4, -0.2) is 64.2 Å². The Balaban J connectivity index is 1.65. The number of aliphatic imine (C=N–C) groups is 1. The number of anilines is 1. The third-order valence-electron chi connectivity index (χ3n) is 8.83. The van der Waals surface area contributed by atoms with E-state index in [-0.39, 0.29) is 5.41 Å². The molecule has 0 unspecified atom stereocenters. The molecule has 1 saturated heterocycles. The van der Waals surface area contributed by atoms with Crippen LogP contribution in [0.2, 0.25) is 0 Å². The lowest BCUT2D eigenvalue weighted by molar-refractivity contribution is 0.0716. The quantitative estimate of drug-likeness (QED) is 0.322. The van der Waals surface area contributed by atoms with Crippen LogP contribution in [0.1, 0.15) is 37.5 Å². The van der Waals surface area contributed by atoms with Gasteiger partial charge in [-0.2, -0.15) is 0 Å². The van der Waals surface area contributed by atoms with Crippen molar-refractivity contribution in [3.05, 3.63) is 71.3 Å². The Morgan fingerprint density at radius 3 is 2.37 bits per heavy atom. The molecule has 0 spiro atoms. The molecule has 0 amide bonds. The summed E-state index contributed by atoms with van der Waals surface area (Å²) in [5.41, 5.74) is 6.25. The number of rotatable bonds is 5. The second kappa shape index (κ2) is 10.5. The number of ether oxygens (including phenoxy) is 3. The average molecular weight is 575 g/mol. The number of hydrogen-bond acceptors (Lipinski definition) is 7.